The molecule has 1 fully saturated rings. The standard InChI is InChI=1S/C20H33N3O/c1-6-22-11-13-23(14-12-22)20(24)17(5)21-16(4)19-9-7-18(8-10-19)15(2)3/h7-10,15-17,21H,6,11-14H2,1-5H3. The van der Waals surface area contributed by atoms with Crippen LogP contribution in [-0.4, -0.2) is 54.5 Å². The van der Waals surface area contributed by atoms with E-state index in [0.29, 0.717) is 5.92 Å². The minimum Gasteiger partial charge on any atom is -0.339 e. The molecule has 2 rings (SSSR count). The number of hydrogen-bond acceptors (Lipinski definition) is 3. The van der Waals surface area contributed by atoms with E-state index in [2.05, 4.69) is 62.2 Å². The molecule has 0 bridgehead atoms. The fourth-order valence-electron chi connectivity index (χ4n) is 3.27. The average Bonchev–Trinajstić information content (AvgIpc) is 2.61. The number of amides is 1. The molecule has 1 amide bonds. The van der Waals surface area contributed by atoms with Crippen molar-refractivity contribution in [2.45, 2.75) is 52.6 Å². The van der Waals surface area contributed by atoms with Gasteiger partial charge in [0.2, 0.25) is 5.91 Å². The Morgan fingerprint density at radius 2 is 1.54 bits per heavy atom. The maximum absolute atomic E-state index is 12.6. The second kappa shape index (κ2) is 8.63. The largest absolute Gasteiger partial charge is 0.339 e. The number of likely N-dealkylation sites (N-methyl/N-ethyl adjacent to an activating group) is 1. The van der Waals surface area contributed by atoms with Gasteiger partial charge in [0.1, 0.15) is 0 Å². The number of hydrogen-bond donors (Lipinski definition) is 1. The highest BCUT2D eigenvalue weighted by atomic mass is 16.2. The molecular weight excluding hydrogens is 298 g/mol. The van der Waals surface area contributed by atoms with E-state index in [9.17, 15) is 4.79 Å². The van der Waals surface area contributed by atoms with Crippen LogP contribution in [0, 0.1) is 0 Å². The summed E-state index contributed by atoms with van der Waals surface area (Å²) in [7, 11) is 0. The molecule has 4 heteroatoms. The van der Waals surface area contributed by atoms with Gasteiger partial charge >= 0.3 is 0 Å². The maximum atomic E-state index is 12.6. The summed E-state index contributed by atoms with van der Waals surface area (Å²) >= 11 is 0. The lowest BCUT2D eigenvalue weighted by atomic mass is 9.99. The highest BCUT2D eigenvalue weighted by molar-refractivity contribution is 5.81. The first-order valence-electron chi connectivity index (χ1n) is 9.29. The third-order valence-electron chi connectivity index (χ3n) is 5.10. The van der Waals surface area contributed by atoms with Crippen LogP contribution in [0.2, 0.25) is 0 Å². The number of nitrogens with zero attached hydrogens (tertiary/aromatic N) is 2. The van der Waals surface area contributed by atoms with Gasteiger partial charge in [-0.05, 0) is 37.4 Å². The third kappa shape index (κ3) is 4.81. The molecule has 2 unspecified atom stereocenters. The van der Waals surface area contributed by atoms with Crippen molar-refractivity contribution in [2.24, 2.45) is 0 Å². The van der Waals surface area contributed by atoms with Gasteiger partial charge in [0, 0.05) is 32.2 Å². The van der Waals surface area contributed by atoms with Gasteiger partial charge in [0.25, 0.3) is 0 Å². The summed E-state index contributed by atoms with van der Waals surface area (Å²) in [6, 6.07) is 8.73. The molecule has 0 spiro atoms. The van der Waals surface area contributed by atoms with Crippen LogP contribution < -0.4 is 5.32 Å². The van der Waals surface area contributed by atoms with E-state index >= 15 is 0 Å². The first kappa shape index (κ1) is 18.9. The summed E-state index contributed by atoms with van der Waals surface area (Å²) in [4.78, 5) is 17.0. The molecule has 0 aliphatic carbocycles. The Morgan fingerprint density at radius 1 is 1.00 bits per heavy atom. The van der Waals surface area contributed by atoms with E-state index in [-0.39, 0.29) is 18.0 Å². The predicted molar refractivity (Wildman–Crippen MR) is 100 cm³/mol. The molecule has 0 saturated carbocycles. The van der Waals surface area contributed by atoms with Gasteiger partial charge in [-0.1, -0.05) is 45.0 Å². The van der Waals surface area contributed by atoms with E-state index in [1.165, 1.54) is 11.1 Å². The number of carbonyl (C=O) groups excluding carboxylic acids is 1. The van der Waals surface area contributed by atoms with Crippen molar-refractivity contribution in [3.63, 3.8) is 0 Å². The molecule has 1 aliphatic heterocycles. The second-order valence-corrected chi connectivity index (χ2v) is 7.19. The molecular formula is C20H33N3O. The van der Waals surface area contributed by atoms with Gasteiger partial charge in [0.15, 0.2) is 0 Å². The summed E-state index contributed by atoms with van der Waals surface area (Å²) in [6.45, 7) is 15.4. The minimum atomic E-state index is -0.155. The second-order valence-electron chi connectivity index (χ2n) is 7.19. The highest BCUT2D eigenvalue weighted by Gasteiger charge is 2.25. The average molecular weight is 332 g/mol. The van der Waals surface area contributed by atoms with Gasteiger partial charge in [-0.25, -0.2) is 0 Å². The van der Waals surface area contributed by atoms with Crippen molar-refractivity contribution in [3.8, 4) is 0 Å². The van der Waals surface area contributed by atoms with Crippen LogP contribution in [0.5, 0.6) is 0 Å². The van der Waals surface area contributed by atoms with E-state index in [1.54, 1.807) is 0 Å². The van der Waals surface area contributed by atoms with Crippen LogP contribution in [0.25, 0.3) is 0 Å². The number of rotatable bonds is 6. The molecule has 0 aromatic heterocycles. The Morgan fingerprint density at radius 3 is 2.04 bits per heavy atom. The number of nitrogens with one attached hydrogen (secondary N) is 1. The van der Waals surface area contributed by atoms with E-state index < -0.39 is 0 Å². The van der Waals surface area contributed by atoms with Crippen molar-refractivity contribution in [2.75, 3.05) is 32.7 Å². The van der Waals surface area contributed by atoms with Gasteiger partial charge < -0.3 is 9.80 Å². The summed E-state index contributed by atoms with van der Waals surface area (Å²) in [5, 5.41) is 3.46. The molecule has 1 aromatic carbocycles. The van der Waals surface area contributed by atoms with E-state index in [1.807, 2.05) is 11.8 Å². The normalized spacial score (nSPS) is 18.7. The minimum absolute atomic E-state index is 0.155. The monoisotopic (exact) mass is 331 g/mol. The number of piperazine rings is 1. The zero-order chi connectivity index (χ0) is 17.7. The molecule has 2 atom stereocenters. The Labute approximate surface area is 147 Å². The van der Waals surface area contributed by atoms with Crippen molar-refractivity contribution >= 4 is 5.91 Å². The fraction of sp³-hybridized carbons (Fsp3) is 0.650. The molecule has 0 radical (unpaired) electrons. The first-order chi connectivity index (χ1) is 11.4. The summed E-state index contributed by atoms with van der Waals surface area (Å²) < 4.78 is 0. The summed E-state index contributed by atoms with van der Waals surface area (Å²) in [5.74, 6) is 0.765. The highest BCUT2D eigenvalue weighted by Crippen LogP contribution is 2.19. The lowest BCUT2D eigenvalue weighted by Gasteiger charge is -2.36. The van der Waals surface area contributed by atoms with Crippen molar-refractivity contribution in [1.29, 1.82) is 0 Å². The Bertz CT molecular complexity index is 518. The Hall–Kier alpha value is -1.39. The Kier molecular flexibility index (Phi) is 6.81. The maximum Gasteiger partial charge on any atom is 0.239 e. The molecule has 1 saturated heterocycles. The van der Waals surface area contributed by atoms with Gasteiger partial charge in [-0.2, -0.15) is 0 Å². The topological polar surface area (TPSA) is 35.6 Å². The zero-order valence-corrected chi connectivity index (χ0v) is 15.9. The molecule has 1 heterocycles. The summed E-state index contributed by atoms with van der Waals surface area (Å²) in [6.07, 6.45) is 0. The fourth-order valence-corrected chi connectivity index (χ4v) is 3.27. The van der Waals surface area contributed by atoms with Crippen molar-refractivity contribution in [3.05, 3.63) is 35.4 Å². The SMILES string of the molecule is CCN1CCN(C(=O)C(C)NC(C)c2ccc(C(C)C)cc2)CC1. The molecule has 1 aromatic rings. The van der Waals surface area contributed by atoms with Crippen LogP contribution in [0.15, 0.2) is 24.3 Å². The lowest BCUT2D eigenvalue weighted by Crippen LogP contribution is -2.53. The van der Waals surface area contributed by atoms with Crippen molar-refractivity contribution in [1.82, 2.24) is 15.1 Å². The molecule has 24 heavy (non-hydrogen) atoms. The van der Waals surface area contributed by atoms with Crippen LogP contribution in [0.1, 0.15) is 57.7 Å². The smallest absolute Gasteiger partial charge is 0.239 e. The van der Waals surface area contributed by atoms with Crippen LogP contribution in [0.4, 0.5) is 0 Å². The van der Waals surface area contributed by atoms with Gasteiger partial charge in [-0.3, -0.25) is 10.1 Å². The van der Waals surface area contributed by atoms with Crippen LogP contribution in [-0.2, 0) is 4.79 Å². The molecule has 4 nitrogen and oxygen atoms in total. The van der Waals surface area contributed by atoms with E-state index in [0.717, 1.165) is 32.7 Å². The first-order valence-corrected chi connectivity index (χ1v) is 9.29. The van der Waals surface area contributed by atoms with Gasteiger partial charge in [0.05, 0.1) is 6.04 Å². The number of benzene rings is 1. The van der Waals surface area contributed by atoms with Crippen LogP contribution >= 0.6 is 0 Å². The lowest BCUT2D eigenvalue weighted by molar-refractivity contribution is -0.135. The number of carbonyl (C=O) groups is 1. The molecule has 1 aliphatic rings. The predicted octanol–water partition coefficient (Wildman–Crippen LogP) is 3.01. The third-order valence-corrected chi connectivity index (χ3v) is 5.10. The molecule has 134 valence electrons. The van der Waals surface area contributed by atoms with Crippen LogP contribution in [0.3, 0.4) is 0 Å². The van der Waals surface area contributed by atoms with E-state index in [4.69, 9.17) is 0 Å². The molecule has 1 N–H and O–H groups in total. The summed E-state index contributed by atoms with van der Waals surface area (Å²) in [5.41, 5.74) is 2.58. The zero-order valence-electron chi connectivity index (χ0n) is 15.9. The van der Waals surface area contributed by atoms with Gasteiger partial charge in [-0.15, -0.1) is 0 Å². The quantitative estimate of drug-likeness (QED) is 0.870. The van der Waals surface area contributed by atoms with Crippen molar-refractivity contribution < 1.29 is 4.79 Å². The Balaban J connectivity index is 1.88.